The molecule has 0 saturated heterocycles. The van der Waals surface area contributed by atoms with Crippen molar-refractivity contribution in [1.82, 2.24) is 9.78 Å². The van der Waals surface area contributed by atoms with Crippen LogP contribution < -0.4 is 0 Å². The first-order valence-corrected chi connectivity index (χ1v) is 11.1. The average Bonchev–Trinajstić information content (AvgIpc) is 3.32. The van der Waals surface area contributed by atoms with E-state index in [4.69, 9.17) is 11.6 Å². The van der Waals surface area contributed by atoms with Crippen molar-refractivity contribution in [3.63, 3.8) is 0 Å². The van der Waals surface area contributed by atoms with Crippen molar-refractivity contribution in [3.8, 4) is 11.4 Å². The summed E-state index contributed by atoms with van der Waals surface area (Å²) in [7, 11) is 0. The topological polar surface area (TPSA) is 75.3 Å². The number of rotatable bonds is 8. The summed E-state index contributed by atoms with van der Waals surface area (Å²) in [4.78, 5) is 1.02. The molecule has 0 spiro atoms. The zero-order valence-electron chi connectivity index (χ0n) is 14.8. The van der Waals surface area contributed by atoms with Crippen LogP contribution in [0.1, 0.15) is 36.3 Å². The van der Waals surface area contributed by atoms with Gasteiger partial charge in [0.15, 0.2) is 11.1 Å². The van der Waals surface area contributed by atoms with Crippen LogP contribution >= 0.6 is 22.9 Å². The van der Waals surface area contributed by atoms with E-state index in [1.807, 2.05) is 28.9 Å². The second-order valence-corrected chi connectivity index (χ2v) is 8.90. The molecule has 0 fully saturated rings. The minimum Gasteiger partial charge on any atom is -0.508 e. The molecule has 0 bridgehead atoms. The molecule has 0 aliphatic carbocycles. The van der Waals surface area contributed by atoms with E-state index in [2.05, 4.69) is 12.0 Å². The molecule has 144 valence electrons. The Morgan fingerprint density at radius 2 is 1.96 bits per heavy atom. The van der Waals surface area contributed by atoms with E-state index in [1.165, 1.54) is 11.3 Å². The lowest BCUT2D eigenvalue weighted by molar-refractivity contribution is 0.432. The molecule has 2 aromatic heterocycles. The third-order valence-corrected chi connectivity index (χ3v) is 6.98. The van der Waals surface area contributed by atoms with E-state index in [1.54, 1.807) is 24.4 Å². The standard InChI is InChI=1S/C19H21ClN2O3S2/c1-2-13(9-11-20)19(17-7-8-18(26-17)27(24)25)16-10-12-21-22(16)14-3-5-15(23)6-4-14/h3-8,10,12-13,19,23H,2,9,11H2,1H3,(H,24,25). The molecule has 8 heteroatoms. The van der Waals surface area contributed by atoms with E-state index >= 15 is 0 Å². The second-order valence-electron chi connectivity index (χ2n) is 6.21. The number of thiophene rings is 1. The normalized spacial score (nSPS) is 14.8. The number of benzene rings is 1. The number of phenolic OH excluding ortho intramolecular Hbond substituents is 1. The quantitative estimate of drug-likeness (QED) is 0.393. The van der Waals surface area contributed by atoms with E-state index in [9.17, 15) is 13.9 Å². The average molecular weight is 425 g/mol. The molecule has 1 aromatic carbocycles. The van der Waals surface area contributed by atoms with Crippen molar-refractivity contribution in [1.29, 1.82) is 0 Å². The van der Waals surface area contributed by atoms with Crippen molar-refractivity contribution >= 4 is 34.0 Å². The van der Waals surface area contributed by atoms with Crippen LogP contribution in [0.3, 0.4) is 0 Å². The van der Waals surface area contributed by atoms with Gasteiger partial charge in [-0.1, -0.05) is 13.3 Å². The Morgan fingerprint density at radius 3 is 2.56 bits per heavy atom. The van der Waals surface area contributed by atoms with Gasteiger partial charge in [0.2, 0.25) is 0 Å². The summed E-state index contributed by atoms with van der Waals surface area (Å²) in [5.74, 6) is 1.03. The molecule has 0 aliphatic heterocycles. The largest absolute Gasteiger partial charge is 0.508 e. The molecular formula is C19H21ClN2O3S2. The molecule has 3 unspecified atom stereocenters. The second kappa shape index (κ2) is 9.01. The predicted octanol–water partition coefficient (Wildman–Crippen LogP) is 5.01. The van der Waals surface area contributed by atoms with Crippen LogP contribution in [0, 0.1) is 5.92 Å². The third-order valence-electron chi connectivity index (χ3n) is 4.64. The summed E-state index contributed by atoms with van der Waals surface area (Å²) in [6.45, 7) is 2.13. The van der Waals surface area contributed by atoms with E-state index < -0.39 is 11.1 Å². The monoisotopic (exact) mass is 424 g/mol. The van der Waals surface area contributed by atoms with Gasteiger partial charge in [0.05, 0.1) is 11.4 Å². The van der Waals surface area contributed by atoms with Crippen molar-refractivity contribution in [2.24, 2.45) is 5.92 Å². The van der Waals surface area contributed by atoms with Crippen LogP contribution in [-0.2, 0) is 11.1 Å². The first-order chi connectivity index (χ1) is 13.0. The highest BCUT2D eigenvalue weighted by molar-refractivity contribution is 7.81. The van der Waals surface area contributed by atoms with Gasteiger partial charge < -0.3 is 9.66 Å². The predicted molar refractivity (Wildman–Crippen MR) is 110 cm³/mol. The van der Waals surface area contributed by atoms with Gasteiger partial charge in [-0.05, 0) is 54.8 Å². The van der Waals surface area contributed by atoms with Crippen LogP contribution in [0.4, 0.5) is 0 Å². The number of aromatic nitrogens is 2. The highest BCUT2D eigenvalue weighted by atomic mass is 35.5. The van der Waals surface area contributed by atoms with Crippen molar-refractivity contribution < 1.29 is 13.9 Å². The fourth-order valence-electron chi connectivity index (χ4n) is 3.32. The number of halogens is 1. The number of hydrogen-bond donors (Lipinski definition) is 2. The van der Waals surface area contributed by atoms with Crippen LogP contribution in [0.25, 0.3) is 5.69 Å². The molecule has 2 heterocycles. The number of phenols is 1. The van der Waals surface area contributed by atoms with Crippen LogP contribution in [0.5, 0.6) is 5.75 Å². The summed E-state index contributed by atoms with van der Waals surface area (Å²) in [6.07, 6.45) is 3.51. The summed E-state index contributed by atoms with van der Waals surface area (Å²) < 4.78 is 23.2. The van der Waals surface area contributed by atoms with Crippen molar-refractivity contribution in [2.45, 2.75) is 29.9 Å². The van der Waals surface area contributed by atoms with Gasteiger partial charge in [-0.15, -0.1) is 22.9 Å². The van der Waals surface area contributed by atoms with Gasteiger partial charge in [0, 0.05) is 22.9 Å². The molecular weight excluding hydrogens is 404 g/mol. The van der Waals surface area contributed by atoms with Gasteiger partial charge in [-0.2, -0.15) is 5.10 Å². The lowest BCUT2D eigenvalue weighted by atomic mass is 9.84. The van der Waals surface area contributed by atoms with Gasteiger partial charge in [0.1, 0.15) is 9.96 Å². The molecule has 0 saturated carbocycles. The highest BCUT2D eigenvalue weighted by Gasteiger charge is 2.28. The van der Waals surface area contributed by atoms with Crippen LogP contribution in [0.15, 0.2) is 52.9 Å². The molecule has 0 amide bonds. The summed E-state index contributed by atoms with van der Waals surface area (Å²) in [5, 5.41) is 14.0. The third kappa shape index (κ3) is 4.43. The Morgan fingerprint density at radius 1 is 1.22 bits per heavy atom. The van der Waals surface area contributed by atoms with E-state index in [-0.39, 0.29) is 17.6 Å². The summed E-state index contributed by atoms with van der Waals surface area (Å²) in [5.41, 5.74) is 1.84. The van der Waals surface area contributed by atoms with E-state index in [0.717, 1.165) is 29.1 Å². The first-order valence-electron chi connectivity index (χ1n) is 8.65. The van der Waals surface area contributed by atoms with E-state index in [0.29, 0.717) is 10.1 Å². The summed E-state index contributed by atoms with van der Waals surface area (Å²) in [6, 6.07) is 12.5. The minimum atomic E-state index is -1.99. The van der Waals surface area contributed by atoms with Crippen molar-refractivity contribution in [3.05, 3.63) is 59.2 Å². The molecule has 0 aliphatic rings. The van der Waals surface area contributed by atoms with Gasteiger partial charge in [-0.25, -0.2) is 8.89 Å². The zero-order valence-corrected chi connectivity index (χ0v) is 17.2. The maximum Gasteiger partial charge on any atom is 0.196 e. The molecule has 3 rings (SSSR count). The Bertz CT molecular complexity index is 908. The van der Waals surface area contributed by atoms with Gasteiger partial charge in [-0.3, -0.25) is 0 Å². The number of aromatic hydroxyl groups is 1. The number of alkyl halides is 1. The molecule has 3 aromatic rings. The number of hydrogen-bond acceptors (Lipinski definition) is 4. The maximum atomic E-state index is 11.5. The Balaban J connectivity index is 2.09. The van der Waals surface area contributed by atoms with Gasteiger partial charge >= 0.3 is 0 Å². The van der Waals surface area contributed by atoms with Crippen LogP contribution in [-0.4, -0.2) is 29.5 Å². The smallest absolute Gasteiger partial charge is 0.196 e. The van der Waals surface area contributed by atoms with Crippen molar-refractivity contribution in [2.75, 3.05) is 5.88 Å². The molecule has 3 atom stereocenters. The van der Waals surface area contributed by atoms with Crippen LogP contribution in [0.2, 0.25) is 0 Å². The minimum absolute atomic E-state index is 0.00681. The van der Waals surface area contributed by atoms with Gasteiger partial charge in [0.25, 0.3) is 0 Å². The molecule has 27 heavy (non-hydrogen) atoms. The fourth-order valence-corrected chi connectivity index (χ4v) is 5.30. The molecule has 5 nitrogen and oxygen atoms in total. The first kappa shape index (κ1) is 20.1. The Labute approximate surface area is 169 Å². The molecule has 0 radical (unpaired) electrons. The SMILES string of the molecule is CCC(CCCl)C(c1ccc(S(=O)O)s1)c1ccnn1-c1ccc(O)cc1. The number of nitrogens with zero attached hydrogens (tertiary/aromatic N) is 2. The maximum absolute atomic E-state index is 11.5. The Kier molecular flexibility index (Phi) is 6.70. The lowest BCUT2D eigenvalue weighted by Crippen LogP contribution is -2.17. The fraction of sp³-hybridized carbons (Fsp3) is 0.316. The summed E-state index contributed by atoms with van der Waals surface area (Å²) >= 11 is 5.42. The highest BCUT2D eigenvalue weighted by Crippen LogP contribution is 2.40. The lowest BCUT2D eigenvalue weighted by Gasteiger charge is -2.26. The molecule has 2 N–H and O–H groups in total. The zero-order chi connectivity index (χ0) is 19.4. The Hall–Kier alpha value is -1.67.